The van der Waals surface area contributed by atoms with Crippen LogP contribution in [0, 0.1) is 16.7 Å². The Labute approximate surface area is 113 Å². The fourth-order valence-corrected chi connectivity index (χ4v) is 2.26. The Morgan fingerprint density at radius 1 is 1.32 bits per heavy atom. The van der Waals surface area contributed by atoms with Gasteiger partial charge in [0.05, 0.1) is 6.07 Å². The maximum Gasteiger partial charge on any atom is 0.236 e. The lowest BCUT2D eigenvalue weighted by molar-refractivity contribution is -0.144. The van der Waals surface area contributed by atoms with Gasteiger partial charge in [-0.05, 0) is 26.7 Å². The van der Waals surface area contributed by atoms with Gasteiger partial charge in [-0.1, -0.05) is 0 Å². The smallest absolute Gasteiger partial charge is 0.236 e. The molecule has 0 aliphatic heterocycles. The van der Waals surface area contributed by atoms with Crippen molar-refractivity contribution < 1.29 is 9.59 Å². The highest BCUT2D eigenvalue weighted by Gasteiger charge is 2.48. The van der Waals surface area contributed by atoms with Crippen LogP contribution in [0.1, 0.15) is 33.1 Å². The first-order valence-corrected chi connectivity index (χ1v) is 6.46. The van der Waals surface area contributed by atoms with E-state index in [9.17, 15) is 9.59 Å². The number of hydrogen-bond acceptors (Lipinski definition) is 4. The maximum atomic E-state index is 12.3. The molecule has 0 bridgehead atoms. The summed E-state index contributed by atoms with van der Waals surface area (Å²) in [6.45, 7) is 4.48. The number of hydrogen-bond donors (Lipinski definition) is 3. The van der Waals surface area contributed by atoms with E-state index in [2.05, 4.69) is 10.6 Å². The highest BCUT2D eigenvalue weighted by atomic mass is 16.2. The SMILES string of the molecule is CCNC(=O)C1(C(=O)NCC)CCC(N)=C(C#N)C1. The highest BCUT2D eigenvalue weighted by molar-refractivity contribution is 6.05. The number of nitrogens with two attached hydrogens (primary N) is 1. The second-order valence-electron chi connectivity index (χ2n) is 4.59. The summed E-state index contributed by atoms with van der Waals surface area (Å²) in [6, 6.07) is 2.00. The summed E-state index contributed by atoms with van der Waals surface area (Å²) in [5.41, 5.74) is 5.36. The molecule has 104 valence electrons. The quantitative estimate of drug-likeness (QED) is 0.629. The van der Waals surface area contributed by atoms with Crippen LogP contribution >= 0.6 is 0 Å². The molecule has 2 amide bonds. The van der Waals surface area contributed by atoms with E-state index < -0.39 is 5.41 Å². The van der Waals surface area contributed by atoms with Crippen molar-refractivity contribution in [3.8, 4) is 6.07 Å². The van der Waals surface area contributed by atoms with Crippen LogP contribution in [0.2, 0.25) is 0 Å². The Morgan fingerprint density at radius 2 is 1.84 bits per heavy atom. The minimum Gasteiger partial charge on any atom is -0.401 e. The van der Waals surface area contributed by atoms with E-state index >= 15 is 0 Å². The van der Waals surface area contributed by atoms with Gasteiger partial charge in [-0.2, -0.15) is 5.26 Å². The number of nitrogens with zero attached hydrogens (tertiary/aromatic N) is 1. The number of amides is 2. The van der Waals surface area contributed by atoms with Crippen LogP contribution in [0.3, 0.4) is 0 Å². The van der Waals surface area contributed by atoms with Crippen LogP contribution in [-0.2, 0) is 9.59 Å². The van der Waals surface area contributed by atoms with E-state index in [4.69, 9.17) is 11.0 Å². The molecule has 0 saturated carbocycles. The molecule has 19 heavy (non-hydrogen) atoms. The Hall–Kier alpha value is -2.03. The topological polar surface area (TPSA) is 108 Å². The third-order valence-electron chi connectivity index (χ3n) is 3.37. The van der Waals surface area contributed by atoms with Gasteiger partial charge in [0.1, 0.15) is 5.41 Å². The highest BCUT2D eigenvalue weighted by Crippen LogP contribution is 2.38. The second kappa shape index (κ2) is 6.23. The average molecular weight is 264 g/mol. The molecule has 1 aliphatic rings. The Bertz CT molecular complexity index is 430. The number of nitriles is 1. The van der Waals surface area contributed by atoms with E-state index in [1.54, 1.807) is 13.8 Å². The molecule has 0 aromatic carbocycles. The van der Waals surface area contributed by atoms with Crippen LogP contribution in [0.25, 0.3) is 0 Å². The molecule has 0 aromatic rings. The molecule has 4 N–H and O–H groups in total. The summed E-state index contributed by atoms with van der Waals surface area (Å²) < 4.78 is 0. The first-order chi connectivity index (χ1) is 9.01. The van der Waals surface area contributed by atoms with Crippen LogP contribution < -0.4 is 16.4 Å². The van der Waals surface area contributed by atoms with E-state index in [-0.39, 0.29) is 18.2 Å². The zero-order valence-corrected chi connectivity index (χ0v) is 11.4. The molecule has 0 fully saturated rings. The van der Waals surface area contributed by atoms with Gasteiger partial charge in [-0.15, -0.1) is 0 Å². The summed E-state index contributed by atoms with van der Waals surface area (Å²) in [7, 11) is 0. The van der Waals surface area contributed by atoms with Crippen LogP contribution in [-0.4, -0.2) is 24.9 Å². The summed E-state index contributed by atoms with van der Waals surface area (Å²) in [6.07, 6.45) is 0.797. The standard InChI is InChI=1S/C13H20N4O2/c1-3-16-11(18)13(12(19)17-4-2)6-5-10(15)9(7-13)8-14/h3-7,15H2,1-2H3,(H,16,18)(H,17,19). The summed E-state index contributed by atoms with van der Waals surface area (Å²) >= 11 is 0. The molecule has 0 spiro atoms. The minimum atomic E-state index is -1.21. The van der Waals surface area contributed by atoms with Gasteiger partial charge in [-0.3, -0.25) is 9.59 Å². The van der Waals surface area contributed by atoms with Crippen LogP contribution in [0.5, 0.6) is 0 Å². The summed E-state index contributed by atoms with van der Waals surface area (Å²) in [5.74, 6) is -0.664. The molecule has 0 radical (unpaired) electrons. The molecule has 0 unspecified atom stereocenters. The Kier molecular flexibility index (Phi) is 4.93. The molecular formula is C13H20N4O2. The largest absolute Gasteiger partial charge is 0.401 e. The number of allylic oxidation sites excluding steroid dienone is 2. The number of carbonyl (C=O) groups is 2. The predicted octanol–water partition coefficient (Wildman–Crippen LogP) is 0.165. The van der Waals surface area contributed by atoms with Crippen molar-refractivity contribution in [2.24, 2.45) is 11.1 Å². The maximum absolute atomic E-state index is 12.3. The molecule has 6 heteroatoms. The van der Waals surface area contributed by atoms with Crippen molar-refractivity contribution in [3.05, 3.63) is 11.3 Å². The van der Waals surface area contributed by atoms with Gasteiger partial charge in [0, 0.05) is 30.8 Å². The third-order valence-corrected chi connectivity index (χ3v) is 3.37. The number of rotatable bonds is 4. The van der Waals surface area contributed by atoms with Gasteiger partial charge in [0.2, 0.25) is 11.8 Å². The zero-order valence-electron chi connectivity index (χ0n) is 11.4. The van der Waals surface area contributed by atoms with Gasteiger partial charge in [0.15, 0.2) is 0 Å². The molecular weight excluding hydrogens is 244 g/mol. The lowest BCUT2D eigenvalue weighted by Gasteiger charge is -2.34. The van der Waals surface area contributed by atoms with Crippen molar-refractivity contribution in [1.29, 1.82) is 5.26 Å². The van der Waals surface area contributed by atoms with E-state index in [0.29, 0.717) is 37.2 Å². The van der Waals surface area contributed by atoms with Gasteiger partial charge < -0.3 is 16.4 Å². The van der Waals surface area contributed by atoms with E-state index in [0.717, 1.165) is 0 Å². The summed E-state index contributed by atoms with van der Waals surface area (Å²) in [4.78, 5) is 24.5. The fraction of sp³-hybridized carbons (Fsp3) is 0.615. The number of carbonyl (C=O) groups excluding carboxylic acids is 2. The van der Waals surface area contributed by atoms with Gasteiger partial charge in [-0.25, -0.2) is 0 Å². The molecule has 0 atom stereocenters. The molecule has 6 nitrogen and oxygen atoms in total. The van der Waals surface area contributed by atoms with E-state index in [1.165, 1.54) is 0 Å². The minimum absolute atomic E-state index is 0.0764. The van der Waals surface area contributed by atoms with Crippen LogP contribution in [0.4, 0.5) is 0 Å². The molecule has 0 heterocycles. The van der Waals surface area contributed by atoms with Crippen molar-refractivity contribution in [2.75, 3.05) is 13.1 Å². The lowest BCUT2D eigenvalue weighted by Crippen LogP contribution is -2.53. The van der Waals surface area contributed by atoms with Crippen molar-refractivity contribution in [1.82, 2.24) is 10.6 Å². The van der Waals surface area contributed by atoms with Crippen molar-refractivity contribution in [3.63, 3.8) is 0 Å². The second-order valence-corrected chi connectivity index (χ2v) is 4.59. The first kappa shape index (κ1) is 15.0. The predicted molar refractivity (Wildman–Crippen MR) is 70.5 cm³/mol. The first-order valence-electron chi connectivity index (χ1n) is 6.46. The Balaban J connectivity index is 3.12. The van der Waals surface area contributed by atoms with Crippen molar-refractivity contribution in [2.45, 2.75) is 33.1 Å². The average Bonchev–Trinajstić information content (AvgIpc) is 2.40. The molecule has 1 aliphatic carbocycles. The lowest BCUT2D eigenvalue weighted by atomic mass is 9.71. The van der Waals surface area contributed by atoms with Crippen molar-refractivity contribution >= 4 is 11.8 Å². The third kappa shape index (κ3) is 2.87. The Morgan fingerprint density at radius 3 is 2.26 bits per heavy atom. The normalized spacial score (nSPS) is 17.5. The van der Waals surface area contributed by atoms with Crippen LogP contribution in [0.15, 0.2) is 11.3 Å². The zero-order chi connectivity index (χ0) is 14.5. The fourth-order valence-electron chi connectivity index (χ4n) is 2.26. The number of nitrogens with one attached hydrogen (secondary N) is 2. The summed E-state index contributed by atoms with van der Waals surface area (Å²) in [5, 5.41) is 14.4. The van der Waals surface area contributed by atoms with Gasteiger partial charge >= 0.3 is 0 Å². The molecule has 1 rings (SSSR count). The molecule has 0 aromatic heterocycles. The van der Waals surface area contributed by atoms with Gasteiger partial charge in [0.25, 0.3) is 0 Å². The van der Waals surface area contributed by atoms with E-state index in [1.807, 2.05) is 6.07 Å². The monoisotopic (exact) mass is 264 g/mol. The molecule has 0 saturated heterocycles.